The van der Waals surface area contributed by atoms with Crippen molar-refractivity contribution in [3.63, 3.8) is 0 Å². The number of hydrogen-bond donors (Lipinski definition) is 4. The van der Waals surface area contributed by atoms with Gasteiger partial charge in [0.15, 0.2) is 0 Å². The van der Waals surface area contributed by atoms with E-state index in [4.69, 9.17) is 25.7 Å². The summed E-state index contributed by atoms with van der Waals surface area (Å²) in [6.45, 7) is 21.0. The molecule has 0 heterocycles. The van der Waals surface area contributed by atoms with Crippen LogP contribution in [0.4, 0.5) is 32.8 Å². The van der Waals surface area contributed by atoms with Crippen LogP contribution >= 0.6 is 24.8 Å². The van der Waals surface area contributed by atoms with E-state index in [-0.39, 0.29) is 41.1 Å². The van der Waals surface area contributed by atoms with Gasteiger partial charge < -0.3 is 36.3 Å². The van der Waals surface area contributed by atoms with E-state index in [0.717, 1.165) is 132 Å². The van der Waals surface area contributed by atoms with Crippen LogP contribution in [0, 0.1) is 43.8 Å². The van der Waals surface area contributed by atoms with Crippen molar-refractivity contribution in [3.05, 3.63) is 98.8 Å². The molecule has 0 amide bonds. The lowest BCUT2D eigenvalue weighted by atomic mass is 10.0. The normalized spacial score (nSPS) is 11.6. The Hall–Kier alpha value is -3.79. The molecule has 3 unspecified atom stereocenters. The van der Waals surface area contributed by atoms with Crippen molar-refractivity contribution in [3.8, 4) is 0 Å². The molecule has 3 aromatic rings. The Labute approximate surface area is 416 Å². The Morgan fingerprint density at radius 1 is 0.537 bits per heavy atom. The average Bonchev–Trinajstić information content (AvgIpc) is 3.32. The van der Waals surface area contributed by atoms with E-state index in [1.54, 1.807) is 12.1 Å². The number of rotatable bonds is 33. The lowest BCUT2D eigenvalue weighted by molar-refractivity contribution is -0.385. The van der Waals surface area contributed by atoms with Gasteiger partial charge in [-0.05, 0) is 111 Å². The SMILES string of the molecule is CCCCC(CC)COCCCN.CCCCC(CC)COCCCNc1ccc(N)cc1.CCCCC(CC)COCCCNc1ccc([N+](=O)[O-])cc1.Cl.Cl.O=[N+]([O-])c1ccc(F)cc1. The number of unbranched alkanes of at least 4 members (excludes halogenated alkanes) is 3. The molecule has 0 saturated carbocycles. The first kappa shape index (κ1) is 67.5. The lowest BCUT2D eigenvalue weighted by Gasteiger charge is -2.14. The molecule has 386 valence electrons. The summed E-state index contributed by atoms with van der Waals surface area (Å²) in [6.07, 6.45) is 18.2. The summed E-state index contributed by atoms with van der Waals surface area (Å²) in [7, 11) is 0. The molecular weight excluding hydrogens is 898 g/mol. The first-order chi connectivity index (χ1) is 31.5. The molecule has 16 heteroatoms. The highest BCUT2D eigenvalue weighted by Gasteiger charge is 2.08. The van der Waals surface area contributed by atoms with Gasteiger partial charge in [-0.1, -0.05) is 99.3 Å². The van der Waals surface area contributed by atoms with Crippen molar-refractivity contribution in [1.29, 1.82) is 0 Å². The van der Waals surface area contributed by atoms with Crippen molar-refractivity contribution < 1.29 is 28.4 Å². The predicted octanol–water partition coefficient (Wildman–Crippen LogP) is 14.1. The van der Waals surface area contributed by atoms with Gasteiger partial charge in [0.2, 0.25) is 0 Å². The van der Waals surface area contributed by atoms with E-state index < -0.39 is 10.7 Å². The van der Waals surface area contributed by atoms with E-state index in [1.165, 1.54) is 89.2 Å². The second-order valence-electron chi connectivity index (χ2n) is 16.3. The number of benzene rings is 3. The molecule has 0 aliphatic carbocycles. The second kappa shape index (κ2) is 47.3. The summed E-state index contributed by atoms with van der Waals surface area (Å²) in [5.41, 5.74) is 13.9. The van der Waals surface area contributed by atoms with Crippen molar-refractivity contribution in [2.45, 2.75) is 138 Å². The summed E-state index contributed by atoms with van der Waals surface area (Å²) in [5.74, 6) is 1.71. The molecule has 0 aliphatic heterocycles. The minimum absolute atomic E-state index is 0. The first-order valence-electron chi connectivity index (χ1n) is 24.4. The molecule has 6 N–H and O–H groups in total. The van der Waals surface area contributed by atoms with E-state index >= 15 is 0 Å². The Bertz CT molecular complexity index is 1550. The zero-order valence-corrected chi connectivity index (χ0v) is 43.4. The quantitative estimate of drug-likeness (QED) is 0.0197. The van der Waals surface area contributed by atoms with Crippen LogP contribution < -0.4 is 22.1 Å². The third kappa shape index (κ3) is 38.8. The number of nitro benzene ring substituents is 2. The van der Waals surface area contributed by atoms with Gasteiger partial charge in [0.05, 0.1) is 9.85 Å². The maximum atomic E-state index is 12.1. The van der Waals surface area contributed by atoms with Crippen LogP contribution in [0.25, 0.3) is 0 Å². The Kier molecular flexibility index (Phi) is 47.6. The van der Waals surface area contributed by atoms with Crippen LogP contribution in [0.1, 0.15) is 138 Å². The van der Waals surface area contributed by atoms with Gasteiger partial charge in [0.1, 0.15) is 5.82 Å². The second-order valence-corrected chi connectivity index (χ2v) is 16.3. The maximum absolute atomic E-state index is 12.1. The zero-order chi connectivity index (χ0) is 48.3. The van der Waals surface area contributed by atoms with E-state index in [1.807, 2.05) is 24.3 Å². The molecule has 3 rings (SSSR count). The highest BCUT2D eigenvalue weighted by molar-refractivity contribution is 5.85. The lowest BCUT2D eigenvalue weighted by Crippen LogP contribution is -2.12. The highest BCUT2D eigenvalue weighted by Crippen LogP contribution is 2.17. The summed E-state index contributed by atoms with van der Waals surface area (Å²) in [5, 5.41) is 27.2. The van der Waals surface area contributed by atoms with Crippen LogP contribution in [0.15, 0.2) is 72.8 Å². The molecule has 3 aromatic carbocycles. The van der Waals surface area contributed by atoms with Crippen molar-refractivity contribution in [2.24, 2.45) is 23.5 Å². The minimum atomic E-state index is -0.570. The standard InChI is InChI=1S/C17H28N2O3.C17H30N2O.C11H25NO.C6H4FNO2.2ClH/c1-3-5-7-15(4-2)14-22-13-6-12-18-16-8-10-17(11-9-16)19(20)21;1-3-5-7-15(4-2)14-20-13-6-12-19-17-10-8-16(18)9-11-17;1-3-5-7-11(4-2)10-13-9-6-8-12;7-5-1-3-6(4-2-5)8(9)10;;/h8-11,15,18H,3-7,12-14H2,1-2H3;8-11,15,19H,3-7,12-14,18H2,1-2H3;11H,3-10,12H2,1-2H3;1-4H;2*1H. The number of nitrogen functional groups attached to an aromatic ring is 1. The molecule has 0 aliphatic rings. The van der Waals surface area contributed by atoms with Gasteiger partial charge in [-0.15, -0.1) is 24.8 Å². The zero-order valence-electron chi connectivity index (χ0n) is 41.7. The number of non-ortho nitro benzene ring substituents is 2. The van der Waals surface area contributed by atoms with Gasteiger partial charge >= 0.3 is 0 Å². The fourth-order valence-electron chi connectivity index (χ4n) is 6.31. The highest BCUT2D eigenvalue weighted by atomic mass is 35.5. The Balaban J connectivity index is -0.000000840. The fourth-order valence-corrected chi connectivity index (χ4v) is 6.31. The number of anilines is 3. The van der Waals surface area contributed by atoms with E-state index in [0.29, 0.717) is 5.92 Å². The maximum Gasteiger partial charge on any atom is 0.269 e. The van der Waals surface area contributed by atoms with Crippen LogP contribution in [-0.4, -0.2) is 69.1 Å². The number of nitrogens with two attached hydrogens (primary N) is 2. The van der Waals surface area contributed by atoms with Gasteiger partial charge in [0, 0.05) is 94.1 Å². The largest absolute Gasteiger partial charge is 0.399 e. The molecule has 0 radical (unpaired) electrons. The number of ether oxygens (including phenoxy) is 3. The number of hydrogen-bond acceptors (Lipinski definition) is 11. The van der Waals surface area contributed by atoms with Gasteiger partial charge in [0.25, 0.3) is 11.4 Å². The summed E-state index contributed by atoms with van der Waals surface area (Å²) in [4.78, 5) is 19.6. The molecule has 0 spiro atoms. The number of nitro groups is 2. The molecule has 0 aromatic heterocycles. The molecular formula is C51H89Cl2FN6O7. The number of halogens is 3. The molecule has 0 saturated heterocycles. The first-order valence-corrected chi connectivity index (χ1v) is 24.4. The number of nitrogens with zero attached hydrogens (tertiary/aromatic N) is 2. The number of nitrogens with one attached hydrogen (secondary N) is 2. The molecule has 0 fully saturated rings. The molecule has 3 atom stereocenters. The van der Waals surface area contributed by atoms with E-state index in [2.05, 4.69) is 52.2 Å². The van der Waals surface area contributed by atoms with E-state index in [9.17, 15) is 24.6 Å². The Morgan fingerprint density at radius 2 is 0.866 bits per heavy atom. The summed E-state index contributed by atoms with van der Waals surface area (Å²) in [6, 6.07) is 18.7. The van der Waals surface area contributed by atoms with Crippen LogP contribution in [-0.2, 0) is 14.2 Å². The average molecular weight is 988 g/mol. The van der Waals surface area contributed by atoms with Crippen molar-refractivity contribution >= 4 is 53.3 Å². The molecule has 67 heavy (non-hydrogen) atoms. The van der Waals surface area contributed by atoms with Crippen LogP contribution in [0.2, 0.25) is 0 Å². The summed E-state index contributed by atoms with van der Waals surface area (Å²) < 4.78 is 29.2. The van der Waals surface area contributed by atoms with Crippen molar-refractivity contribution in [2.75, 3.05) is 75.6 Å². The van der Waals surface area contributed by atoms with Gasteiger partial charge in [-0.3, -0.25) is 20.2 Å². The van der Waals surface area contributed by atoms with Crippen molar-refractivity contribution in [1.82, 2.24) is 0 Å². The smallest absolute Gasteiger partial charge is 0.269 e. The summed E-state index contributed by atoms with van der Waals surface area (Å²) >= 11 is 0. The third-order valence-electron chi connectivity index (χ3n) is 10.8. The van der Waals surface area contributed by atoms with Crippen LogP contribution in [0.3, 0.4) is 0 Å². The third-order valence-corrected chi connectivity index (χ3v) is 10.8. The predicted molar refractivity (Wildman–Crippen MR) is 284 cm³/mol. The topological polar surface area (TPSA) is 190 Å². The monoisotopic (exact) mass is 987 g/mol. The van der Waals surface area contributed by atoms with Crippen LogP contribution in [0.5, 0.6) is 0 Å². The van der Waals surface area contributed by atoms with Gasteiger partial charge in [-0.25, -0.2) is 4.39 Å². The molecule has 13 nitrogen and oxygen atoms in total. The molecule has 0 bridgehead atoms. The fraction of sp³-hybridized carbons (Fsp3) is 0.647. The van der Waals surface area contributed by atoms with Gasteiger partial charge in [-0.2, -0.15) is 0 Å². The minimum Gasteiger partial charge on any atom is -0.399 e. The Morgan fingerprint density at radius 3 is 1.18 bits per heavy atom.